The van der Waals surface area contributed by atoms with E-state index in [1.807, 2.05) is 19.9 Å². The third-order valence-electron chi connectivity index (χ3n) is 6.62. The highest BCUT2D eigenvalue weighted by Gasteiger charge is 2.29. The Kier molecular flexibility index (Phi) is 5.34. The van der Waals surface area contributed by atoms with E-state index >= 15 is 0 Å². The van der Waals surface area contributed by atoms with Crippen LogP contribution in [0.3, 0.4) is 0 Å². The maximum atomic E-state index is 13.1. The van der Waals surface area contributed by atoms with Crippen LogP contribution in [0.2, 0.25) is 0 Å². The van der Waals surface area contributed by atoms with Gasteiger partial charge in [0.05, 0.1) is 5.92 Å². The van der Waals surface area contributed by atoms with Gasteiger partial charge in [-0.1, -0.05) is 18.6 Å². The second kappa shape index (κ2) is 8.29. The number of hydrogen-bond acceptors (Lipinski definition) is 5. The molecule has 1 saturated heterocycles. The second-order valence-corrected chi connectivity index (χ2v) is 8.95. The molecule has 7 heteroatoms. The van der Waals surface area contributed by atoms with Crippen molar-refractivity contribution in [2.75, 3.05) is 23.3 Å². The van der Waals surface area contributed by atoms with E-state index in [0.29, 0.717) is 6.54 Å². The first-order valence-corrected chi connectivity index (χ1v) is 11.4. The quantitative estimate of drug-likeness (QED) is 0.695. The van der Waals surface area contributed by atoms with Gasteiger partial charge in [-0.25, -0.2) is 15.0 Å². The molecule has 1 unspecified atom stereocenters. The molecule has 31 heavy (non-hydrogen) atoms. The molecule has 0 aliphatic carbocycles. The molecule has 1 atom stereocenters. The predicted molar refractivity (Wildman–Crippen MR) is 122 cm³/mol. The number of hydrogen-bond donors (Lipinski definition) is 1. The highest BCUT2D eigenvalue weighted by molar-refractivity contribution is 5.94. The third-order valence-corrected chi connectivity index (χ3v) is 6.62. The van der Waals surface area contributed by atoms with Crippen LogP contribution in [-0.4, -0.2) is 38.5 Å². The summed E-state index contributed by atoms with van der Waals surface area (Å²) in [5, 5.41) is 3.16. The number of nitrogens with one attached hydrogen (secondary N) is 1. The molecule has 0 spiro atoms. The van der Waals surface area contributed by atoms with Crippen molar-refractivity contribution in [3.8, 4) is 0 Å². The summed E-state index contributed by atoms with van der Waals surface area (Å²) in [6.45, 7) is 6.60. The van der Waals surface area contributed by atoms with Gasteiger partial charge in [-0.2, -0.15) is 0 Å². The summed E-state index contributed by atoms with van der Waals surface area (Å²) in [4.78, 5) is 29.4. The Balaban J connectivity index is 1.38. The molecule has 2 aliphatic rings. The van der Waals surface area contributed by atoms with Crippen molar-refractivity contribution in [3.63, 3.8) is 0 Å². The van der Waals surface area contributed by atoms with Crippen LogP contribution in [0, 0.1) is 19.8 Å². The van der Waals surface area contributed by atoms with Gasteiger partial charge >= 0.3 is 0 Å². The van der Waals surface area contributed by atoms with E-state index in [0.717, 1.165) is 72.0 Å². The average molecular weight is 419 g/mol. The minimum Gasteiger partial charge on any atom is -0.354 e. The monoisotopic (exact) mass is 418 g/mol. The molecule has 162 valence electrons. The molecule has 0 saturated carbocycles. The number of aryl methyl sites for hydroxylation is 4. The average Bonchev–Trinajstić information content (AvgIpc) is 2.97. The smallest absolute Gasteiger partial charge is 0.229 e. The van der Waals surface area contributed by atoms with Gasteiger partial charge in [-0.15, -0.1) is 0 Å². The van der Waals surface area contributed by atoms with E-state index in [9.17, 15) is 4.79 Å². The summed E-state index contributed by atoms with van der Waals surface area (Å²) in [6.07, 6.45) is 8.09. The Morgan fingerprint density at radius 1 is 1.10 bits per heavy atom. The number of imidazole rings is 1. The summed E-state index contributed by atoms with van der Waals surface area (Å²) >= 11 is 0. The van der Waals surface area contributed by atoms with Crippen molar-refractivity contribution < 1.29 is 4.79 Å². The molecule has 2 aromatic heterocycles. The Bertz CT molecular complexity index is 1120. The predicted octanol–water partition coefficient (Wildman–Crippen LogP) is 4.02. The van der Waals surface area contributed by atoms with Crippen LogP contribution >= 0.6 is 0 Å². The number of anilines is 2. The topological polar surface area (TPSA) is 75.9 Å². The van der Waals surface area contributed by atoms with E-state index in [1.165, 1.54) is 19.3 Å². The lowest BCUT2D eigenvalue weighted by Crippen LogP contribution is -2.41. The van der Waals surface area contributed by atoms with Crippen molar-refractivity contribution in [1.82, 2.24) is 19.5 Å². The SMILES string of the molecule is Cc1ccc(C)c(NC(=O)C2CCCN(c3ncnc4c3nc3n4CCCCC3)C2)c1. The second-order valence-electron chi connectivity index (χ2n) is 8.95. The number of aromatic nitrogens is 4. The van der Waals surface area contributed by atoms with Gasteiger partial charge in [0.2, 0.25) is 5.91 Å². The fraction of sp³-hybridized carbons (Fsp3) is 0.500. The number of piperidine rings is 1. The minimum atomic E-state index is -0.0703. The fourth-order valence-corrected chi connectivity index (χ4v) is 4.85. The number of benzene rings is 1. The maximum absolute atomic E-state index is 13.1. The van der Waals surface area contributed by atoms with Gasteiger partial charge in [0, 0.05) is 31.7 Å². The first kappa shape index (κ1) is 20.0. The molecule has 4 heterocycles. The van der Waals surface area contributed by atoms with Crippen molar-refractivity contribution in [2.24, 2.45) is 5.92 Å². The standard InChI is InChI=1S/C24H30N6O/c1-16-9-10-17(2)19(13-16)27-24(31)18-7-6-11-29(14-18)22-21-23(26-15-25-22)30-12-5-3-4-8-20(30)28-21/h9-10,13,15,18H,3-8,11-12,14H2,1-2H3,(H,27,31). The molecular formula is C24H30N6O. The van der Waals surface area contributed by atoms with E-state index in [4.69, 9.17) is 4.98 Å². The molecule has 1 aromatic carbocycles. The first-order valence-electron chi connectivity index (χ1n) is 11.4. The Morgan fingerprint density at radius 3 is 2.90 bits per heavy atom. The largest absolute Gasteiger partial charge is 0.354 e. The van der Waals surface area contributed by atoms with Crippen LogP contribution in [0.1, 0.15) is 49.1 Å². The molecule has 7 nitrogen and oxygen atoms in total. The Morgan fingerprint density at radius 2 is 2.00 bits per heavy atom. The van der Waals surface area contributed by atoms with Crippen molar-refractivity contribution in [3.05, 3.63) is 41.5 Å². The zero-order valence-electron chi connectivity index (χ0n) is 18.4. The molecular weight excluding hydrogens is 388 g/mol. The number of fused-ring (bicyclic) bond motifs is 3. The highest BCUT2D eigenvalue weighted by atomic mass is 16.1. The van der Waals surface area contributed by atoms with Gasteiger partial charge in [0.1, 0.15) is 12.2 Å². The van der Waals surface area contributed by atoms with E-state index in [-0.39, 0.29) is 11.8 Å². The number of carbonyl (C=O) groups excluding carboxylic acids is 1. The van der Waals surface area contributed by atoms with E-state index < -0.39 is 0 Å². The van der Waals surface area contributed by atoms with Gasteiger partial charge in [0.25, 0.3) is 0 Å². The van der Waals surface area contributed by atoms with Crippen molar-refractivity contribution in [2.45, 2.75) is 58.9 Å². The number of rotatable bonds is 3. The maximum Gasteiger partial charge on any atom is 0.229 e. The van der Waals surface area contributed by atoms with Crippen LogP contribution in [0.15, 0.2) is 24.5 Å². The fourth-order valence-electron chi connectivity index (χ4n) is 4.85. The van der Waals surface area contributed by atoms with Crippen LogP contribution in [0.4, 0.5) is 11.5 Å². The number of carbonyl (C=O) groups is 1. The molecule has 3 aromatic rings. The van der Waals surface area contributed by atoms with Crippen LogP contribution in [-0.2, 0) is 17.8 Å². The molecule has 0 bridgehead atoms. The summed E-state index contributed by atoms with van der Waals surface area (Å²) in [6, 6.07) is 6.17. The van der Waals surface area contributed by atoms with Crippen molar-refractivity contribution >= 4 is 28.6 Å². The van der Waals surface area contributed by atoms with Gasteiger partial charge < -0.3 is 14.8 Å². The van der Waals surface area contributed by atoms with E-state index in [2.05, 4.69) is 36.9 Å². The lowest BCUT2D eigenvalue weighted by Gasteiger charge is -2.33. The lowest BCUT2D eigenvalue weighted by atomic mass is 9.96. The molecule has 2 aliphatic heterocycles. The van der Waals surface area contributed by atoms with Crippen LogP contribution < -0.4 is 10.2 Å². The highest BCUT2D eigenvalue weighted by Crippen LogP contribution is 2.30. The Labute approximate surface area is 182 Å². The zero-order chi connectivity index (χ0) is 21.4. The number of nitrogens with zero attached hydrogens (tertiary/aromatic N) is 5. The summed E-state index contributed by atoms with van der Waals surface area (Å²) < 4.78 is 2.27. The van der Waals surface area contributed by atoms with Gasteiger partial charge in [0.15, 0.2) is 17.0 Å². The molecule has 0 radical (unpaired) electrons. The van der Waals surface area contributed by atoms with Gasteiger partial charge in [-0.05, 0) is 56.7 Å². The third kappa shape index (κ3) is 3.89. The van der Waals surface area contributed by atoms with Crippen molar-refractivity contribution in [1.29, 1.82) is 0 Å². The molecule has 1 N–H and O–H groups in total. The lowest BCUT2D eigenvalue weighted by molar-refractivity contribution is -0.120. The summed E-state index contributed by atoms with van der Waals surface area (Å²) in [5.74, 6) is 2.01. The normalized spacial score (nSPS) is 19.2. The molecule has 1 fully saturated rings. The minimum absolute atomic E-state index is 0.0703. The van der Waals surface area contributed by atoms with Gasteiger partial charge in [-0.3, -0.25) is 4.79 Å². The van der Waals surface area contributed by atoms with Crippen LogP contribution in [0.5, 0.6) is 0 Å². The summed E-state index contributed by atoms with van der Waals surface area (Å²) in [7, 11) is 0. The molecule has 1 amide bonds. The zero-order valence-corrected chi connectivity index (χ0v) is 18.4. The molecule has 5 rings (SSSR count). The number of amides is 1. The van der Waals surface area contributed by atoms with Crippen LogP contribution in [0.25, 0.3) is 11.2 Å². The van der Waals surface area contributed by atoms with E-state index in [1.54, 1.807) is 6.33 Å². The first-order chi connectivity index (χ1) is 15.1. The summed E-state index contributed by atoms with van der Waals surface area (Å²) in [5.41, 5.74) is 4.96. The Hall–Kier alpha value is -2.96.